The van der Waals surface area contributed by atoms with Crippen LogP contribution >= 0.6 is 0 Å². The third-order valence-corrected chi connectivity index (χ3v) is 6.38. The minimum Gasteiger partial charge on any atom is -0.441 e. The number of amides is 1. The molecule has 2 unspecified atom stereocenters. The van der Waals surface area contributed by atoms with Crippen molar-refractivity contribution < 1.29 is 9.53 Å². The largest absolute Gasteiger partial charge is 0.441 e. The monoisotopic (exact) mass is 456 g/mol. The van der Waals surface area contributed by atoms with Gasteiger partial charge in [-0.2, -0.15) is 0 Å². The average molecular weight is 457 g/mol. The van der Waals surface area contributed by atoms with E-state index in [2.05, 4.69) is 47.1 Å². The van der Waals surface area contributed by atoms with Gasteiger partial charge in [-0.3, -0.25) is 4.98 Å². The van der Waals surface area contributed by atoms with Gasteiger partial charge in [0.2, 0.25) is 0 Å². The number of aromatic nitrogens is 4. The van der Waals surface area contributed by atoms with Gasteiger partial charge in [-0.05, 0) is 42.5 Å². The number of primary amides is 1. The Morgan fingerprint density at radius 2 is 2.06 bits per heavy atom. The number of carbonyl (C=O) groups excluding carboxylic acids is 1. The zero-order valence-electron chi connectivity index (χ0n) is 19.5. The first-order chi connectivity index (χ1) is 16.3. The Morgan fingerprint density at radius 1 is 1.21 bits per heavy atom. The van der Waals surface area contributed by atoms with Crippen molar-refractivity contribution in [3.05, 3.63) is 66.9 Å². The van der Waals surface area contributed by atoms with Crippen LogP contribution in [0.15, 0.2) is 61.1 Å². The Hall–Kier alpha value is -3.94. The van der Waals surface area contributed by atoms with Gasteiger partial charge < -0.3 is 20.8 Å². The number of hydrogen-bond acceptors (Lipinski definition) is 6. The van der Waals surface area contributed by atoms with Gasteiger partial charge in [-0.1, -0.05) is 39.0 Å². The molecule has 0 saturated heterocycles. The number of aromatic amines is 1. The van der Waals surface area contributed by atoms with Crippen LogP contribution in [0.25, 0.3) is 22.5 Å². The Bertz CT molecular complexity index is 1240. The number of hydrogen-bond donors (Lipinski definition) is 3. The van der Waals surface area contributed by atoms with E-state index < -0.39 is 17.6 Å². The van der Waals surface area contributed by atoms with Crippen molar-refractivity contribution in [1.82, 2.24) is 19.9 Å². The Balaban J connectivity index is 1.72. The highest BCUT2D eigenvalue weighted by atomic mass is 16.6. The number of pyridine rings is 2. The number of allylic oxidation sites excluding steroid dienone is 2. The van der Waals surface area contributed by atoms with Crippen molar-refractivity contribution in [1.29, 1.82) is 0 Å². The SMILES string of the molecule is CC(C)(C)CCC1(c2nc3c([nH]2)-c2ccncc2Nc2ncccc2-3)C=CC=CC1OC(N)=O. The van der Waals surface area contributed by atoms with Crippen LogP contribution in [0.5, 0.6) is 0 Å². The summed E-state index contributed by atoms with van der Waals surface area (Å²) >= 11 is 0. The van der Waals surface area contributed by atoms with Crippen molar-refractivity contribution in [3.8, 4) is 22.5 Å². The lowest BCUT2D eigenvalue weighted by molar-refractivity contribution is 0.0840. The van der Waals surface area contributed by atoms with E-state index >= 15 is 0 Å². The van der Waals surface area contributed by atoms with Gasteiger partial charge in [-0.25, -0.2) is 14.8 Å². The molecule has 3 aromatic rings. The molecule has 4 N–H and O–H groups in total. The number of anilines is 2. The van der Waals surface area contributed by atoms with Gasteiger partial charge in [0, 0.05) is 23.5 Å². The van der Waals surface area contributed by atoms with Crippen LogP contribution in [-0.2, 0) is 10.2 Å². The molecule has 0 aromatic carbocycles. The summed E-state index contributed by atoms with van der Waals surface area (Å²) in [6.45, 7) is 6.59. The molecule has 1 amide bonds. The van der Waals surface area contributed by atoms with Gasteiger partial charge in [0.25, 0.3) is 0 Å². The third kappa shape index (κ3) is 3.85. The number of nitrogens with one attached hydrogen (secondary N) is 2. The number of imidazole rings is 1. The molecule has 0 saturated carbocycles. The van der Waals surface area contributed by atoms with E-state index in [1.807, 2.05) is 36.4 Å². The number of ether oxygens (including phenoxy) is 1. The molecular formula is C26H28N6O2. The van der Waals surface area contributed by atoms with E-state index in [1.165, 1.54) is 0 Å². The molecule has 0 radical (unpaired) electrons. The molecule has 8 heteroatoms. The van der Waals surface area contributed by atoms with Crippen molar-refractivity contribution in [2.45, 2.75) is 45.1 Å². The smallest absolute Gasteiger partial charge is 0.405 e. The molecule has 8 nitrogen and oxygen atoms in total. The molecule has 0 fully saturated rings. The normalized spacial score (nSPS) is 20.5. The van der Waals surface area contributed by atoms with Crippen molar-refractivity contribution in [2.75, 3.05) is 5.32 Å². The number of nitrogens with zero attached hydrogens (tertiary/aromatic N) is 3. The minimum absolute atomic E-state index is 0.0711. The molecule has 34 heavy (non-hydrogen) atoms. The van der Waals surface area contributed by atoms with E-state index in [0.717, 1.165) is 34.6 Å². The fraction of sp³-hybridized carbons (Fsp3) is 0.308. The van der Waals surface area contributed by atoms with Crippen LogP contribution in [0.3, 0.4) is 0 Å². The number of carbonyl (C=O) groups is 1. The molecular weight excluding hydrogens is 428 g/mol. The van der Waals surface area contributed by atoms with Gasteiger partial charge in [0.05, 0.1) is 23.0 Å². The molecule has 3 aromatic heterocycles. The van der Waals surface area contributed by atoms with E-state index in [4.69, 9.17) is 15.5 Å². The lowest BCUT2D eigenvalue weighted by atomic mass is 9.71. The maximum atomic E-state index is 11.8. The summed E-state index contributed by atoms with van der Waals surface area (Å²) in [5, 5.41) is 3.38. The zero-order chi connectivity index (χ0) is 23.9. The van der Waals surface area contributed by atoms with Crippen LogP contribution in [-0.4, -0.2) is 32.1 Å². The highest BCUT2D eigenvalue weighted by Gasteiger charge is 2.44. The maximum Gasteiger partial charge on any atom is 0.405 e. The molecule has 2 atom stereocenters. The predicted molar refractivity (Wildman–Crippen MR) is 131 cm³/mol. The summed E-state index contributed by atoms with van der Waals surface area (Å²) in [5.41, 5.74) is 9.15. The Morgan fingerprint density at radius 3 is 2.85 bits per heavy atom. The van der Waals surface area contributed by atoms with Crippen molar-refractivity contribution >= 4 is 17.6 Å². The second kappa shape index (κ2) is 8.13. The van der Waals surface area contributed by atoms with Gasteiger partial charge >= 0.3 is 6.09 Å². The molecule has 174 valence electrons. The molecule has 2 aliphatic rings. The van der Waals surface area contributed by atoms with E-state index in [9.17, 15) is 4.79 Å². The summed E-state index contributed by atoms with van der Waals surface area (Å²) in [7, 11) is 0. The highest BCUT2D eigenvalue weighted by molar-refractivity contribution is 5.94. The fourth-order valence-corrected chi connectivity index (χ4v) is 4.59. The molecule has 1 aliphatic carbocycles. The first kappa shape index (κ1) is 21.9. The van der Waals surface area contributed by atoms with Gasteiger partial charge in [-0.15, -0.1) is 0 Å². The quantitative estimate of drug-likeness (QED) is 0.386. The first-order valence-electron chi connectivity index (χ1n) is 11.4. The molecule has 1 aliphatic heterocycles. The molecule has 5 rings (SSSR count). The maximum absolute atomic E-state index is 11.8. The summed E-state index contributed by atoms with van der Waals surface area (Å²) in [5.74, 6) is 1.43. The van der Waals surface area contributed by atoms with Crippen LogP contribution in [0.4, 0.5) is 16.3 Å². The van der Waals surface area contributed by atoms with Gasteiger partial charge in [0.15, 0.2) is 0 Å². The topological polar surface area (TPSA) is 119 Å². The number of rotatable bonds is 4. The van der Waals surface area contributed by atoms with Crippen LogP contribution < -0.4 is 11.1 Å². The first-order valence-corrected chi connectivity index (χ1v) is 11.4. The van der Waals surface area contributed by atoms with E-state index in [1.54, 1.807) is 18.6 Å². The molecule has 0 bridgehead atoms. The summed E-state index contributed by atoms with van der Waals surface area (Å²) < 4.78 is 5.63. The van der Waals surface area contributed by atoms with Crippen LogP contribution in [0.2, 0.25) is 0 Å². The summed E-state index contributed by atoms with van der Waals surface area (Å²) in [4.78, 5) is 29.4. The van der Waals surface area contributed by atoms with E-state index in [0.29, 0.717) is 18.1 Å². The molecule has 0 spiro atoms. The lowest BCUT2D eigenvalue weighted by Gasteiger charge is -2.37. The highest BCUT2D eigenvalue weighted by Crippen LogP contribution is 2.46. The van der Waals surface area contributed by atoms with Crippen molar-refractivity contribution in [3.63, 3.8) is 0 Å². The Labute approximate surface area is 198 Å². The lowest BCUT2D eigenvalue weighted by Crippen LogP contribution is -2.43. The minimum atomic E-state index is -0.812. The average Bonchev–Trinajstić information content (AvgIpc) is 3.19. The number of fused-ring (bicyclic) bond motifs is 5. The van der Waals surface area contributed by atoms with Crippen LogP contribution in [0.1, 0.15) is 39.4 Å². The van der Waals surface area contributed by atoms with Crippen molar-refractivity contribution in [2.24, 2.45) is 11.1 Å². The summed E-state index contributed by atoms with van der Waals surface area (Å²) in [6, 6.07) is 5.84. The standard InChI is InChI=1S/C26H28N6O2/c1-25(2,3)11-12-26(10-5-4-8-19(26)34-24(27)33)23-31-20-16-9-14-28-15-18(16)30-22-17(21(20)32-23)7-6-13-29-22/h4-10,13-15,19H,11-12H2,1-3H3,(H2,27,33)(H,29,30)(H,31,32). The van der Waals surface area contributed by atoms with E-state index in [-0.39, 0.29) is 5.41 Å². The van der Waals surface area contributed by atoms with Gasteiger partial charge in [0.1, 0.15) is 23.4 Å². The fourth-order valence-electron chi connectivity index (χ4n) is 4.59. The Kier molecular flexibility index (Phi) is 5.23. The number of nitrogens with two attached hydrogens (primary N) is 1. The second-order valence-corrected chi connectivity index (χ2v) is 9.96. The predicted octanol–water partition coefficient (Wildman–Crippen LogP) is 5.24. The van der Waals surface area contributed by atoms with Crippen LogP contribution in [0, 0.1) is 5.41 Å². The third-order valence-electron chi connectivity index (χ3n) is 6.38. The summed E-state index contributed by atoms with van der Waals surface area (Å²) in [6.07, 6.45) is 13.3. The number of H-pyrrole nitrogens is 1. The molecule has 4 heterocycles. The second-order valence-electron chi connectivity index (χ2n) is 9.96. The zero-order valence-corrected chi connectivity index (χ0v) is 19.5.